The van der Waals surface area contributed by atoms with Gasteiger partial charge in [0.1, 0.15) is 5.82 Å². The molecule has 1 unspecified atom stereocenters. The molecule has 0 bridgehead atoms. The molecule has 0 aliphatic carbocycles. The molecular formula is C9H16N4O. The molecular weight excluding hydrogens is 180 g/mol. The van der Waals surface area contributed by atoms with Crippen LogP contribution in [0.1, 0.15) is 18.5 Å². The lowest BCUT2D eigenvalue weighted by molar-refractivity contribution is 0.141. The second-order valence-electron chi connectivity index (χ2n) is 3.81. The number of hydrogen-bond donors (Lipinski definition) is 2. The fraction of sp³-hybridized carbons (Fsp3) is 0.667. The Balaban J connectivity index is 2.17. The van der Waals surface area contributed by atoms with E-state index in [0.717, 1.165) is 25.1 Å². The summed E-state index contributed by atoms with van der Waals surface area (Å²) in [6, 6.07) is 1.83. The number of aliphatic hydroxyl groups is 1. The van der Waals surface area contributed by atoms with Gasteiger partial charge in [-0.3, -0.25) is 5.01 Å². The molecule has 0 radical (unpaired) electrons. The van der Waals surface area contributed by atoms with Crippen molar-refractivity contribution in [3.05, 3.63) is 11.8 Å². The molecule has 0 saturated carbocycles. The minimum absolute atomic E-state index is 0.242. The number of hydrogen-bond acceptors (Lipinski definition) is 4. The summed E-state index contributed by atoms with van der Waals surface area (Å²) >= 11 is 0. The zero-order valence-electron chi connectivity index (χ0n) is 8.35. The second-order valence-corrected chi connectivity index (χ2v) is 3.81. The minimum atomic E-state index is -0.242. The van der Waals surface area contributed by atoms with E-state index in [1.807, 2.05) is 18.0 Å². The van der Waals surface area contributed by atoms with E-state index in [2.05, 4.69) is 5.10 Å². The van der Waals surface area contributed by atoms with Crippen LogP contribution < -0.4 is 10.7 Å². The number of nitrogens with zero attached hydrogens (tertiary/aromatic N) is 3. The number of β-amino-alcohol motifs (C(OH)–C–C–N with tert-alkyl or cyclic N) is 1. The molecule has 5 heteroatoms. The van der Waals surface area contributed by atoms with Gasteiger partial charge in [0.05, 0.1) is 18.3 Å². The van der Waals surface area contributed by atoms with Crippen molar-refractivity contribution in [1.82, 2.24) is 9.89 Å². The summed E-state index contributed by atoms with van der Waals surface area (Å²) in [5.41, 5.74) is 6.61. The highest BCUT2D eigenvalue weighted by Crippen LogP contribution is 2.12. The van der Waals surface area contributed by atoms with Gasteiger partial charge in [0, 0.05) is 12.6 Å². The summed E-state index contributed by atoms with van der Waals surface area (Å²) in [5, 5.41) is 15.7. The van der Waals surface area contributed by atoms with Crippen LogP contribution in [0.4, 0.5) is 5.82 Å². The van der Waals surface area contributed by atoms with E-state index in [1.54, 1.807) is 4.79 Å². The maximum absolute atomic E-state index is 9.52. The van der Waals surface area contributed by atoms with E-state index in [9.17, 15) is 5.11 Å². The molecule has 5 nitrogen and oxygen atoms in total. The summed E-state index contributed by atoms with van der Waals surface area (Å²) in [4.78, 5) is 1.79. The van der Waals surface area contributed by atoms with Crippen LogP contribution in [0.3, 0.4) is 0 Å². The van der Waals surface area contributed by atoms with Crippen molar-refractivity contribution < 1.29 is 5.11 Å². The van der Waals surface area contributed by atoms with Crippen LogP contribution in [0.5, 0.6) is 0 Å². The lowest BCUT2D eigenvalue weighted by atomic mass is 10.1. The van der Waals surface area contributed by atoms with Gasteiger partial charge in [-0.15, -0.1) is 5.10 Å². The molecule has 1 aliphatic heterocycles. The predicted molar refractivity (Wildman–Crippen MR) is 54.6 cm³/mol. The van der Waals surface area contributed by atoms with Crippen LogP contribution in [0.25, 0.3) is 0 Å². The highest BCUT2D eigenvalue weighted by atomic mass is 16.3. The molecule has 1 aromatic rings. The second kappa shape index (κ2) is 3.49. The van der Waals surface area contributed by atoms with E-state index in [4.69, 9.17) is 5.73 Å². The van der Waals surface area contributed by atoms with Crippen LogP contribution in [0.15, 0.2) is 6.07 Å². The Hall–Kier alpha value is -1.23. The highest BCUT2D eigenvalue weighted by Gasteiger charge is 2.19. The van der Waals surface area contributed by atoms with Gasteiger partial charge in [-0.1, -0.05) is 0 Å². The van der Waals surface area contributed by atoms with Crippen LogP contribution in [-0.4, -0.2) is 34.2 Å². The average molecular weight is 196 g/mol. The molecule has 1 atom stereocenters. The smallest absolute Gasteiger partial charge is 0.147 e. The van der Waals surface area contributed by atoms with Gasteiger partial charge in [-0.2, -0.15) is 4.79 Å². The lowest BCUT2D eigenvalue weighted by Crippen LogP contribution is -2.46. The van der Waals surface area contributed by atoms with Gasteiger partial charge in [-0.25, -0.2) is 0 Å². The number of piperidine rings is 1. The number of aliphatic hydroxyl groups excluding tert-OH is 1. The lowest BCUT2D eigenvalue weighted by Gasteiger charge is -2.32. The number of rotatable bonds is 1. The van der Waals surface area contributed by atoms with E-state index in [-0.39, 0.29) is 6.10 Å². The van der Waals surface area contributed by atoms with Crippen molar-refractivity contribution in [2.24, 2.45) is 0 Å². The van der Waals surface area contributed by atoms with E-state index < -0.39 is 0 Å². The summed E-state index contributed by atoms with van der Waals surface area (Å²) in [5.74, 6) is 0.530. The molecule has 3 N–H and O–H groups in total. The molecule has 1 aliphatic rings. The fourth-order valence-corrected chi connectivity index (χ4v) is 1.88. The quantitative estimate of drug-likeness (QED) is 0.656. The molecule has 2 rings (SSSR count). The van der Waals surface area contributed by atoms with E-state index in [0.29, 0.717) is 12.4 Å². The topological polar surface area (TPSA) is 67.3 Å². The maximum atomic E-state index is 9.52. The monoisotopic (exact) mass is 196 g/mol. The van der Waals surface area contributed by atoms with E-state index >= 15 is 0 Å². The first-order valence-corrected chi connectivity index (χ1v) is 4.92. The molecule has 2 heterocycles. The normalized spacial score (nSPS) is 22.7. The first-order chi connectivity index (χ1) is 6.66. The molecule has 1 fully saturated rings. The summed E-state index contributed by atoms with van der Waals surface area (Å²) in [6.07, 6.45) is 1.64. The summed E-state index contributed by atoms with van der Waals surface area (Å²) in [7, 11) is 0. The summed E-state index contributed by atoms with van der Waals surface area (Å²) in [6.45, 7) is 3.53. The maximum Gasteiger partial charge on any atom is 0.147 e. The van der Waals surface area contributed by atoms with Crippen molar-refractivity contribution in [3.8, 4) is 0 Å². The first kappa shape index (κ1) is 9.33. The SMILES string of the molecule is Cc1cc(N)nn1N1CCCC(O)C1. The number of nitrogen functional groups attached to an aromatic ring is 1. The minimum Gasteiger partial charge on any atom is -0.391 e. The van der Waals surface area contributed by atoms with Crippen molar-refractivity contribution in [3.63, 3.8) is 0 Å². The average Bonchev–Trinajstić information content (AvgIpc) is 2.45. The highest BCUT2D eigenvalue weighted by molar-refractivity contribution is 5.29. The molecule has 14 heavy (non-hydrogen) atoms. The largest absolute Gasteiger partial charge is 0.391 e. The third-order valence-corrected chi connectivity index (χ3v) is 2.53. The first-order valence-electron chi connectivity index (χ1n) is 4.92. The van der Waals surface area contributed by atoms with Crippen molar-refractivity contribution in [2.45, 2.75) is 25.9 Å². The number of aryl methyl sites for hydroxylation is 1. The zero-order valence-corrected chi connectivity index (χ0v) is 8.35. The molecule has 0 spiro atoms. The Morgan fingerprint density at radius 3 is 3.00 bits per heavy atom. The predicted octanol–water partition coefficient (Wildman–Crippen LogP) is -0.134. The number of nitrogens with two attached hydrogens (primary N) is 1. The molecule has 1 saturated heterocycles. The van der Waals surface area contributed by atoms with Crippen molar-refractivity contribution in [1.29, 1.82) is 0 Å². The van der Waals surface area contributed by atoms with Crippen LogP contribution >= 0.6 is 0 Å². The van der Waals surface area contributed by atoms with Crippen molar-refractivity contribution in [2.75, 3.05) is 23.8 Å². The van der Waals surface area contributed by atoms with E-state index in [1.165, 1.54) is 0 Å². The Morgan fingerprint density at radius 1 is 1.64 bits per heavy atom. The summed E-state index contributed by atoms with van der Waals surface area (Å²) < 4.78 is 0. The van der Waals surface area contributed by atoms with Gasteiger partial charge in [0.25, 0.3) is 0 Å². The molecule has 1 aromatic heterocycles. The van der Waals surface area contributed by atoms with Crippen LogP contribution in [0, 0.1) is 6.92 Å². The Morgan fingerprint density at radius 2 is 2.43 bits per heavy atom. The van der Waals surface area contributed by atoms with Gasteiger partial charge in [0.15, 0.2) is 0 Å². The molecule has 0 amide bonds. The van der Waals surface area contributed by atoms with Gasteiger partial charge < -0.3 is 10.8 Å². The van der Waals surface area contributed by atoms with Crippen LogP contribution in [-0.2, 0) is 0 Å². The Kier molecular flexibility index (Phi) is 2.33. The fourth-order valence-electron chi connectivity index (χ4n) is 1.88. The van der Waals surface area contributed by atoms with Gasteiger partial charge >= 0.3 is 0 Å². The number of aromatic nitrogens is 2. The Bertz CT molecular complexity index is 323. The molecule has 78 valence electrons. The van der Waals surface area contributed by atoms with Gasteiger partial charge in [0.2, 0.25) is 0 Å². The van der Waals surface area contributed by atoms with Gasteiger partial charge in [-0.05, 0) is 19.8 Å². The number of anilines is 1. The zero-order chi connectivity index (χ0) is 10.1. The van der Waals surface area contributed by atoms with Crippen molar-refractivity contribution >= 4 is 5.82 Å². The third kappa shape index (κ3) is 1.68. The van der Waals surface area contributed by atoms with Crippen LogP contribution in [0.2, 0.25) is 0 Å². The standard InChI is InChI=1S/C9H16N4O/c1-7-5-9(10)11-13(7)12-4-2-3-8(14)6-12/h5,8,14H,2-4,6H2,1H3,(H2,10,11). The Labute approximate surface area is 83.1 Å². The molecule has 0 aromatic carbocycles. The third-order valence-electron chi connectivity index (χ3n) is 2.53.